The summed E-state index contributed by atoms with van der Waals surface area (Å²) < 4.78 is 0. The molecule has 0 spiro atoms. The molecule has 0 fully saturated rings. The van der Waals surface area contributed by atoms with Crippen LogP contribution in [0.15, 0.2) is 16.8 Å². The zero-order valence-electron chi connectivity index (χ0n) is 7.55. The van der Waals surface area contributed by atoms with Gasteiger partial charge in [0.2, 0.25) is 0 Å². The van der Waals surface area contributed by atoms with Crippen molar-refractivity contribution in [2.24, 2.45) is 5.41 Å². The van der Waals surface area contributed by atoms with Crippen LogP contribution in [0.25, 0.3) is 0 Å². The molecule has 0 bridgehead atoms. The highest BCUT2D eigenvalue weighted by atomic mass is 32.1. The highest BCUT2D eigenvalue weighted by Crippen LogP contribution is 2.26. The zero-order chi connectivity index (χ0) is 8.32. The molecule has 1 rings (SSSR count). The minimum atomic E-state index is 0.473. The van der Waals surface area contributed by atoms with Crippen LogP contribution in [0.5, 0.6) is 0 Å². The lowest BCUT2D eigenvalue weighted by atomic mass is 9.84. The molecule has 62 valence electrons. The van der Waals surface area contributed by atoms with Crippen molar-refractivity contribution < 1.29 is 0 Å². The summed E-state index contributed by atoms with van der Waals surface area (Å²) in [6.45, 7) is 6.90. The van der Waals surface area contributed by atoms with E-state index < -0.39 is 0 Å². The summed E-state index contributed by atoms with van der Waals surface area (Å²) in [5.74, 6) is 0. The molecule has 1 heteroatoms. The van der Waals surface area contributed by atoms with Crippen molar-refractivity contribution in [1.82, 2.24) is 0 Å². The SMILES string of the molecule is CCC(C)(C)Cc1ccsc1. The van der Waals surface area contributed by atoms with Crippen molar-refractivity contribution in [3.05, 3.63) is 22.4 Å². The fraction of sp³-hybridized carbons (Fsp3) is 0.600. The van der Waals surface area contributed by atoms with E-state index in [0.717, 1.165) is 0 Å². The first-order valence-corrected chi connectivity index (χ1v) is 5.09. The van der Waals surface area contributed by atoms with Crippen LogP contribution in [0.3, 0.4) is 0 Å². The summed E-state index contributed by atoms with van der Waals surface area (Å²) in [5.41, 5.74) is 1.96. The Bertz CT molecular complexity index is 197. The van der Waals surface area contributed by atoms with E-state index in [1.54, 1.807) is 11.3 Å². The van der Waals surface area contributed by atoms with Crippen LogP contribution >= 0.6 is 11.3 Å². The lowest BCUT2D eigenvalue weighted by Gasteiger charge is -2.21. The fourth-order valence-corrected chi connectivity index (χ4v) is 1.74. The molecular formula is C10H16S. The van der Waals surface area contributed by atoms with E-state index in [0.29, 0.717) is 5.41 Å². The quantitative estimate of drug-likeness (QED) is 0.645. The van der Waals surface area contributed by atoms with Crippen LogP contribution < -0.4 is 0 Å². The summed E-state index contributed by atoms with van der Waals surface area (Å²) in [4.78, 5) is 0. The minimum absolute atomic E-state index is 0.473. The van der Waals surface area contributed by atoms with Gasteiger partial charge in [0, 0.05) is 0 Å². The monoisotopic (exact) mass is 168 g/mol. The second-order valence-corrected chi connectivity index (χ2v) is 4.61. The molecule has 1 aromatic rings. The Morgan fingerprint density at radius 1 is 1.45 bits per heavy atom. The van der Waals surface area contributed by atoms with Crippen LogP contribution in [0.1, 0.15) is 32.8 Å². The normalized spacial score (nSPS) is 11.9. The van der Waals surface area contributed by atoms with Crippen molar-refractivity contribution >= 4 is 11.3 Å². The molecule has 1 heterocycles. The molecule has 0 N–H and O–H groups in total. The van der Waals surface area contributed by atoms with Crippen LogP contribution in [0.2, 0.25) is 0 Å². The van der Waals surface area contributed by atoms with Gasteiger partial charge in [-0.15, -0.1) is 0 Å². The van der Waals surface area contributed by atoms with Gasteiger partial charge in [0.15, 0.2) is 0 Å². The van der Waals surface area contributed by atoms with E-state index >= 15 is 0 Å². The van der Waals surface area contributed by atoms with Gasteiger partial charge in [0.25, 0.3) is 0 Å². The maximum Gasteiger partial charge on any atom is -0.00611 e. The molecule has 0 unspecified atom stereocenters. The smallest absolute Gasteiger partial charge is 0.00611 e. The highest BCUT2D eigenvalue weighted by molar-refractivity contribution is 7.07. The summed E-state index contributed by atoms with van der Waals surface area (Å²) in [5, 5.41) is 4.40. The molecular weight excluding hydrogens is 152 g/mol. The zero-order valence-corrected chi connectivity index (χ0v) is 8.37. The molecule has 0 radical (unpaired) electrons. The minimum Gasteiger partial charge on any atom is -0.152 e. The predicted octanol–water partition coefficient (Wildman–Crippen LogP) is 3.73. The summed E-state index contributed by atoms with van der Waals surface area (Å²) in [7, 11) is 0. The lowest BCUT2D eigenvalue weighted by Crippen LogP contribution is -2.12. The average molecular weight is 168 g/mol. The molecule has 0 amide bonds. The molecule has 0 aliphatic heterocycles. The summed E-state index contributed by atoms with van der Waals surface area (Å²) in [6.07, 6.45) is 2.47. The Morgan fingerprint density at radius 3 is 2.64 bits per heavy atom. The maximum atomic E-state index is 2.32. The molecule has 0 atom stereocenters. The van der Waals surface area contributed by atoms with Gasteiger partial charge in [-0.25, -0.2) is 0 Å². The third-order valence-electron chi connectivity index (χ3n) is 2.22. The van der Waals surface area contributed by atoms with Crippen LogP contribution in [0.4, 0.5) is 0 Å². The number of rotatable bonds is 3. The first-order valence-electron chi connectivity index (χ1n) is 4.15. The first kappa shape index (κ1) is 8.79. The van der Waals surface area contributed by atoms with Gasteiger partial charge in [-0.2, -0.15) is 11.3 Å². The second-order valence-electron chi connectivity index (χ2n) is 3.83. The van der Waals surface area contributed by atoms with E-state index in [-0.39, 0.29) is 0 Å². The van der Waals surface area contributed by atoms with Gasteiger partial charge in [-0.05, 0) is 34.2 Å². The molecule has 0 aliphatic rings. The molecule has 0 aliphatic carbocycles. The molecule has 0 nitrogen and oxygen atoms in total. The Kier molecular flexibility index (Phi) is 2.72. The fourth-order valence-electron chi connectivity index (χ4n) is 1.07. The van der Waals surface area contributed by atoms with Crippen LogP contribution in [0, 0.1) is 5.41 Å². The lowest BCUT2D eigenvalue weighted by molar-refractivity contribution is 0.349. The first-order chi connectivity index (χ1) is 5.14. The average Bonchev–Trinajstić information content (AvgIpc) is 2.39. The van der Waals surface area contributed by atoms with Crippen molar-refractivity contribution in [1.29, 1.82) is 0 Å². The predicted molar refractivity (Wildman–Crippen MR) is 52.1 cm³/mol. The Hall–Kier alpha value is -0.300. The largest absolute Gasteiger partial charge is 0.152 e. The van der Waals surface area contributed by atoms with Crippen LogP contribution in [-0.2, 0) is 6.42 Å². The standard InChI is InChI=1S/C10H16S/c1-4-10(2,3)7-9-5-6-11-8-9/h5-6,8H,4,7H2,1-3H3. The Morgan fingerprint density at radius 2 is 2.18 bits per heavy atom. The van der Waals surface area contributed by atoms with Crippen molar-refractivity contribution in [3.63, 3.8) is 0 Å². The number of thiophene rings is 1. The Labute approximate surface area is 73.3 Å². The van der Waals surface area contributed by atoms with Crippen molar-refractivity contribution in [2.45, 2.75) is 33.6 Å². The topological polar surface area (TPSA) is 0 Å². The molecule has 1 aromatic heterocycles. The van der Waals surface area contributed by atoms with Gasteiger partial charge < -0.3 is 0 Å². The summed E-state index contributed by atoms with van der Waals surface area (Å²) in [6, 6.07) is 2.22. The second kappa shape index (κ2) is 3.40. The van der Waals surface area contributed by atoms with Crippen molar-refractivity contribution in [2.75, 3.05) is 0 Å². The van der Waals surface area contributed by atoms with Crippen LogP contribution in [-0.4, -0.2) is 0 Å². The van der Waals surface area contributed by atoms with E-state index in [9.17, 15) is 0 Å². The molecule has 11 heavy (non-hydrogen) atoms. The molecule has 0 saturated heterocycles. The van der Waals surface area contributed by atoms with E-state index in [2.05, 4.69) is 37.6 Å². The number of hydrogen-bond donors (Lipinski definition) is 0. The highest BCUT2D eigenvalue weighted by Gasteiger charge is 2.15. The van der Waals surface area contributed by atoms with E-state index in [1.165, 1.54) is 18.4 Å². The van der Waals surface area contributed by atoms with Gasteiger partial charge in [-0.1, -0.05) is 27.2 Å². The molecule has 0 aromatic carbocycles. The van der Waals surface area contributed by atoms with Gasteiger partial charge >= 0.3 is 0 Å². The van der Waals surface area contributed by atoms with Gasteiger partial charge in [-0.3, -0.25) is 0 Å². The third kappa shape index (κ3) is 2.66. The molecule has 0 saturated carbocycles. The van der Waals surface area contributed by atoms with E-state index in [4.69, 9.17) is 0 Å². The van der Waals surface area contributed by atoms with E-state index in [1.807, 2.05) is 0 Å². The third-order valence-corrected chi connectivity index (χ3v) is 2.95. The van der Waals surface area contributed by atoms with Gasteiger partial charge in [0.05, 0.1) is 0 Å². The van der Waals surface area contributed by atoms with Crippen molar-refractivity contribution in [3.8, 4) is 0 Å². The number of hydrogen-bond acceptors (Lipinski definition) is 1. The Balaban J connectivity index is 2.56. The van der Waals surface area contributed by atoms with Gasteiger partial charge in [0.1, 0.15) is 0 Å². The maximum absolute atomic E-state index is 2.32. The summed E-state index contributed by atoms with van der Waals surface area (Å²) >= 11 is 1.79.